The van der Waals surface area contributed by atoms with Crippen molar-refractivity contribution in [3.63, 3.8) is 0 Å². The Labute approximate surface area is 150 Å². The van der Waals surface area contributed by atoms with Crippen molar-refractivity contribution in [2.24, 2.45) is 0 Å². The highest BCUT2D eigenvalue weighted by Gasteiger charge is 2.32. The monoisotopic (exact) mass is 356 g/mol. The fourth-order valence-corrected chi connectivity index (χ4v) is 2.98. The van der Waals surface area contributed by atoms with Crippen molar-refractivity contribution < 1.29 is 13.9 Å². The van der Waals surface area contributed by atoms with E-state index in [0.717, 1.165) is 5.56 Å². The molecule has 0 saturated carbocycles. The number of ether oxygens (including phenoxy) is 1. The molecule has 6 heteroatoms. The van der Waals surface area contributed by atoms with Crippen LogP contribution in [0.15, 0.2) is 65.9 Å². The van der Waals surface area contributed by atoms with Gasteiger partial charge in [-0.25, -0.2) is 9.18 Å². The van der Waals surface area contributed by atoms with Crippen LogP contribution < -0.4 is 10.6 Å². The Balaban J connectivity index is 1.87. The Morgan fingerprint density at radius 3 is 2.56 bits per heavy atom. The molecule has 25 heavy (non-hydrogen) atoms. The van der Waals surface area contributed by atoms with Crippen LogP contribution in [0.1, 0.15) is 24.1 Å². The van der Waals surface area contributed by atoms with Gasteiger partial charge >= 0.3 is 5.97 Å². The summed E-state index contributed by atoms with van der Waals surface area (Å²) in [4.78, 5) is 12.7. The highest BCUT2D eigenvalue weighted by atomic mass is 32.1. The van der Waals surface area contributed by atoms with Gasteiger partial charge in [0.25, 0.3) is 0 Å². The first kappa shape index (κ1) is 17.1. The van der Waals surface area contributed by atoms with Crippen LogP contribution in [0.4, 0.5) is 4.39 Å². The van der Waals surface area contributed by atoms with Gasteiger partial charge in [0.2, 0.25) is 0 Å². The third-order valence-electron chi connectivity index (χ3n) is 3.92. The second-order valence-corrected chi connectivity index (χ2v) is 6.06. The Hall–Kier alpha value is -2.73. The van der Waals surface area contributed by atoms with Gasteiger partial charge in [0.1, 0.15) is 12.4 Å². The molecule has 128 valence electrons. The predicted octanol–water partition coefficient (Wildman–Crippen LogP) is 3.36. The van der Waals surface area contributed by atoms with E-state index >= 15 is 0 Å². The molecular weight excluding hydrogens is 339 g/mol. The maximum Gasteiger partial charge on any atom is 0.338 e. The van der Waals surface area contributed by atoms with E-state index in [0.29, 0.717) is 21.9 Å². The molecule has 0 aliphatic carbocycles. The van der Waals surface area contributed by atoms with Gasteiger partial charge in [-0.3, -0.25) is 0 Å². The number of esters is 1. The minimum absolute atomic E-state index is 0.144. The highest BCUT2D eigenvalue weighted by Crippen LogP contribution is 2.29. The lowest BCUT2D eigenvalue weighted by Gasteiger charge is -2.30. The molecule has 2 aromatic carbocycles. The number of benzene rings is 2. The van der Waals surface area contributed by atoms with Gasteiger partial charge < -0.3 is 15.4 Å². The molecule has 0 aromatic heterocycles. The molecule has 0 fully saturated rings. The molecular formula is C19H17FN2O2S. The van der Waals surface area contributed by atoms with E-state index in [1.54, 1.807) is 25.1 Å². The van der Waals surface area contributed by atoms with E-state index in [4.69, 9.17) is 17.0 Å². The van der Waals surface area contributed by atoms with E-state index in [1.807, 2.05) is 30.3 Å². The lowest BCUT2D eigenvalue weighted by Crippen LogP contribution is -2.45. The lowest BCUT2D eigenvalue weighted by atomic mass is 9.95. The van der Waals surface area contributed by atoms with Crippen molar-refractivity contribution in [1.82, 2.24) is 10.6 Å². The van der Waals surface area contributed by atoms with E-state index in [2.05, 4.69) is 10.6 Å². The van der Waals surface area contributed by atoms with Crippen molar-refractivity contribution in [3.05, 3.63) is 82.8 Å². The van der Waals surface area contributed by atoms with E-state index in [9.17, 15) is 9.18 Å². The molecule has 0 spiro atoms. The molecule has 3 rings (SSSR count). The predicted molar refractivity (Wildman–Crippen MR) is 96.9 cm³/mol. The van der Waals surface area contributed by atoms with Crippen LogP contribution in [0.3, 0.4) is 0 Å². The summed E-state index contributed by atoms with van der Waals surface area (Å²) in [7, 11) is 0. The van der Waals surface area contributed by atoms with Gasteiger partial charge in [-0.15, -0.1) is 0 Å². The third-order valence-corrected chi connectivity index (χ3v) is 4.14. The summed E-state index contributed by atoms with van der Waals surface area (Å²) in [5, 5.41) is 6.20. The number of hydrogen-bond donors (Lipinski definition) is 2. The van der Waals surface area contributed by atoms with Crippen molar-refractivity contribution in [1.29, 1.82) is 0 Å². The second-order valence-electron chi connectivity index (χ2n) is 5.65. The summed E-state index contributed by atoms with van der Waals surface area (Å²) in [5.74, 6) is -0.928. The number of thiocarbonyl (C=S) groups is 1. The van der Waals surface area contributed by atoms with Crippen molar-refractivity contribution in [2.75, 3.05) is 0 Å². The first-order valence-corrected chi connectivity index (χ1v) is 8.21. The summed E-state index contributed by atoms with van der Waals surface area (Å²) in [6.45, 7) is 1.87. The SMILES string of the molecule is CC1=C(C(=O)OCc2ccccc2)C(c2ccccc2F)NC(=S)N1. The largest absolute Gasteiger partial charge is 0.457 e. The Kier molecular flexibility index (Phi) is 5.09. The van der Waals surface area contributed by atoms with Crippen LogP contribution in [0.25, 0.3) is 0 Å². The fraction of sp³-hybridized carbons (Fsp3) is 0.158. The molecule has 2 N–H and O–H groups in total. The summed E-state index contributed by atoms with van der Waals surface area (Å²) in [6, 6.07) is 15.0. The maximum atomic E-state index is 14.2. The third kappa shape index (κ3) is 3.85. The number of carbonyl (C=O) groups is 1. The highest BCUT2D eigenvalue weighted by molar-refractivity contribution is 7.80. The Morgan fingerprint density at radius 2 is 1.84 bits per heavy atom. The zero-order chi connectivity index (χ0) is 17.8. The van der Waals surface area contributed by atoms with Crippen LogP contribution in [-0.4, -0.2) is 11.1 Å². The van der Waals surface area contributed by atoms with Crippen LogP contribution in [0.5, 0.6) is 0 Å². The molecule has 2 aromatic rings. The topological polar surface area (TPSA) is 50.4 Å². The molecule has 1 aliphatic heterocycles. The Morgan fingerprint density at radius 1 is 1.16 bits per heavy atom. The van der Waals surface area contributed by atoms with Gasteiger partial charge in [-0.05, 0) is 30.8 Å². The number of rotatable bonds is 4. The molecule has 1 unspecified atom stereocenters. The average Bonchev–Trinajstić information content (AvgIpc) is 2.60. The maximum absolute atomic E-state index is 14.2. The fourth-order valence-electron chi connectivity index (χ4n) is 2.71. The standard InChI is InChI=1S/C19H17FN2O2S/c1-12-16(18(23)24-11-13-7-3-2-4-8-13)17(22-19(25)21-12)14-9-5-6-10-15(14)20/h2-10,17H,11H2,1H3,(H2,21,22,25). The second kappa shape index (κ2) is 7.44. The average molecular weight is 356 g/mol. The van der Waals surface area contributed by atoms with Gasteiger partial charge in [-0.1, -0.05) is 48.5 Å². The number of allylic oxidation sites excluding steroid dienone is 1. The normalized spacial score (nSPS) is 16.9. The van der Waals surface area contributed by atoms with Gasteiger partial charge in [0.15, 0.2) is 5.11 Å². The van der Waals surface area contributed by atoms with Crippen LogP contribution in [-0.2, 0) is 16.1 Å². The molecule has 1 heterocycles. The minimum Gasteiger partial charge on any atom is -0.457 e. The van der Waals surface area contributed by atoms with E-state index in [-0.39, 0.29) is 6.61 Å². The first-order valence-electron chi connectivity index (χ1n) is 7.80. The smallest absolute Gasteiger partial charge is 0.338 e. The van der Waals surface area contributed by atoms with Gasteiger partial charge in [0, 0.05) is 11.3 Å². The number of hydrogen-bond acceptors (Lipinski definition) is 3. The quantitative estimate of drug-likeness (QED) is 0.650. The zero-order valence-electron chi connectivity index (χ0n) is 13.6. The molecule has 1 atom stereocenters. The summed E-state index contributed by atoms with van der Waals surface area (Å²) < 4.78 is 19.7. The molecule has 4 nitrogen and oxygen atoms in total. The Bertz CT molecular complexity index is 836. The summed E-state index contributed by atoms with van der Waals surface area (Å²) in [6.07, 6.45) is 0. The van der Waals surface area contributed by atoms with Crippen LogP contribution in [0, 0.1) is 5.82 Å². The number of halogens is 1. The van der Waals surface area contributed by atoms with E-state index in [1.165, 1.54) is 6.07 Å². The summed E-state index contributed by atoms with van der Waals surface area (Å²) >= 11 is 5.15. The zero-order valence-corrected chi connectivity index (χ0v) is 14.4. The lowest BCUT2D eigenvalue weighted by molar-refractivity contribution is -0.140. The number of nitrogens with one attached hydrogen (secondary N) is 2. The summed E-state index contributed by atoms with van der Waals surface area (Å²) in [5.41, 5.74) is 2.09. The molecule has 0 bridgehead atoms. The molecule has 0 radical (unpaired) electrons. The molecule has 0 amide bonds. The first-order chi connectivity index (χ1) is 12.1. The van der Waals surface area contributed by atoms with Crippen LogP contribution >= 0.6 is 12.2 Å². The van der Waals surface area contributed by atoms with Gasteiger partial charge in [-0.2, -0.15) is 0 Å². The van der Waals surface area contributed by atoms with Crippen molar-refractivity contribution >= 4 is 23.3 Å². The van der Waals surface area contributed by atoms with Crippen LogP contribution in [0.2, 0.25) is 0 Å². The minimum atomic E-state index is -0.696. The van der Waals surface area contributed by atoms with Gasteiger partial charge in [0.05, 0.1) is 11.6 Å². The van der Waals surface area contributed by atoms with E-state index < -0.39 is 17.8 Å². The molecule has 0 saturated heterocycles. The number of carbonyl (C=O) groups excluding carboxylic acids is 1. The molecule has 1 aliphatic rings. The van der Waals surface area contributed by atoms with Crippen molar-refractivity contribution in [2.45, 2.75) is 19.6 Å². The van der Waals surface area contributed by atoms with Crippen molar-refractivity contribution in [3.8, 4) is 0 Å².